The zero-order valence-corrected chi connectivity index (χ0v) is 8.67. The molecule has 2 N–H and O–H groups in total. The fourth-order valence-electron chi connectivity index (χ4n) is 3.32. The number of hydrogen-bond acceptors (Lipinski definition) is 1. The summed E-state index contributed by atoms with van der Waals surface area (Å²) in [5.41, 5.74) is 5.70. The lowest BCUT2D eigenvalue weighted by Gasteiger charge is -2.31. The minimum Gasteiger partial charge on any atom is -0.330 e. The Morgan fingerprint density at radius 2 is 1.31 bits per heavy atom. The molecule has 0 aliphatic heterocycles. The van der Waals surface area contributed by atoms with E-state index in [0.717, 1.165) is 24.3 Å². The average Bonchev–Trinajstić information content (AvgIpc) is 2.71. The number of nitrogens with two attached hydrogens (primary N) is 1. The van der Waals surface area contributed by atoms with Crippen molar-refractivity contribution in [2.45, 2.75) is 51.4 Å². The molecule has 2 aliphatic carbocycles. The molecule has 0 spiro atoms. The van der Waals surface area contributed by atoms with Gasteiger partial charge in [-0.05, 0) is 50.0 Å². The normalized spacial score (nSPS) is 36.7. The van der Waals surface area contributed by atoms with Crippen molar-refractivity contribution < 1.29 is 0 Å². The molecule has 0 atom stereocenters. The second-order valence-corrected chi connectivity index (χ2v) is 5.06. The zero-order chi connectivity index (χ0) is 9.10. The Balaban J connectivity index is 1.77. The third kappa shape index (κ3) is 2.25. The van der Waals surface area contributed by atoms with Gasteiger partial charge in [-0.15, -0.1) is 0 Å². The molecule has 1 nitrogen and oxygen atoms in total. The van der Waals surface area contributed by atoms with Gasteiger partial charge in [0.05, 0.1) is 0 Å². The van der Waals surface area contributed by atoms with E-state index in [0.29, 0.717) is 0 Å². The molecule has 13 heavy (non-hydrogen) atoms. The maximum atomic E-state index is 5.70. The van der Waals surface area contributed by atoms with E-state index in [1.165, 1.54) is 51.4 Å². The molecule has 0 aromatic carbocycles. The first-order valence-corrected chi connectivity index (χ1v) is 6.10. The van der Waals surface area contributed by atoms with Crippen LogP contribution in [0, 0.1) is 17.8 Å². The maximum absolute atomic E-state index is 5.70. The molecule has 2 fully saturated rings. The van der Waals surface area contributed by atoms with Crippen LogP contribution in [-0.2, 0) is 0 Å². The molecule has 76 valence electrons. The van der Waals surface area contributed by atoms with Crippen molar-refractivity contribution in [1.29, 1.82) is 0 Å². The van der Waals surface area contributed by atoms with E-state index in [9.17, 15) is 0 Å². The molecule has 1 heteroatoms. The van der Waals surface area contributed by atoms with Crippen molar-refractivity contribution >= 4 is 0 Å². The Kier molecular flexibility index (Phi) is 3.26. The first kappa shape index (κ1) is 9.51. The van der Waals surface area contributed by atoms with Gasteiger partial charge in [0.25, 0.3) is 0 Å². The van der Waals surface area contributed by atoms with Gasteiger partial charge in [0.15, 0.2) is 0 Å². The Labute approximate surface area is 82.1 Å². The molecule has 0 radical (unpaired) electrons. The Morgan fingerprint density at radius 3 is 1.85 bits per heavy atom. The highest BCUT2D eigenvalue weighted by Gasteiger charge is 2.28. The summed E-state index contributed by atoms with van der Waals surface area (Å²) in [7, 11) is 0. The Morgan fingerprint density at radius 1 is 0.769 bits per heavy atom. The zero-order valence-electron chi connectivity index (χ0n) is 8.67. The lowest BCUT2D eigenvalue weighted by Crippen LogP contribution is -2.24. The van der Waals surface area contributed by atoms with E-state index in [1.54, 1.807) is 0 Å². The fraction of sp³-hybridized carbons (Fsp3) is 1.00. The van der Waals surface area contributed by atoms with Gasteiger partial charge in [0, 0.05) is 0 Å². The summed E-state index contributed by atoms with van der Waals surface area (Å²) in [4.78, 5) is 0. The lowest BCUT2D eigenvalue weighted by atomic mass is 9.75. The van der Waals surface area contributed by atoms with E-state index >= 15 is 0 Å². The topological polar surface area (TPSA) is 26.0 Å². The molecule has 0 bridgehead atoms. The van der Waals surface area contributed by atoms with Gasteiger partial charge in [-0.1, -0.05) is 25.7 Å². The SMILES string of the molecule is NC[C@H]1CC[C@H](C2CCCC2)CC1. The highest BCUT2D eigenvalue weighted by atomic mass is 14.6. The molecule has 0 heterocycles. The van der Waals surface area contributed by atoms with E-state index < -0.39 is 0 Å². The summed E-state index contributed by atoms with van der Waals surface area (Å²) in [6.45, 7) is 0.928. The largest absolute Gasteiger partial charge is 0.330 e. The monoisotopic (exact) mass is 181 g/mol. The third-order valence-corrected chi connectivity index (χ3v) is 4.29. The minimum atomic E-state index is 0.859. The smallest absolute Gasteiger partial charge is 0.00489 e. The molecule has 0 unspecified atom stereocenters. The van der Waals surface area contributed by atoms with Crippen LogP contribution in [0.4, 0.5) is 0 Å². The van der Waals surface area contributed by atoms with E-state index in [4.69, 9.17) is 5.73 Å². The molecule has 2 aliphatic rings. The summed E-state index contributed by atoms with van der Waals surface area (Å²) in [5, 5.41) is 0. The quantitative estimate of drug-likeness (QED) is 0.696. The number of rotatable bonds is 2. The minimum absolute atomic E-state index is 0.859. The molecule has 2 saturated carbocycles. The molecule has 0 amide bonds. The van der Waals surface area contributed by atoms with Crippen LogP contribution in [0.5, 0.6) is 0 Å². The average molecular weight is 181 g/mol. The van der Waals surface area contributed by atoms with Crippen molar-refractivity contribution in [3.8, 4) is 0 Å². The van der Waals surface area contributed by atoms with Gasteiger partial charge in [0.2, 0.25) is 0 Å². The van der Waals surface area contributed by atoms with Crippen LogP contribution in [-0.4, -0.2) is 6.54 Å². The lowest BCUT2D eigenvalue weighted by molar-refractivity contribution is 0.209. The molecule has 2 rings (SSSR count). The molecule has 0 aromatic heterocycles. The van der Waals surface area contributed by atoms with Crippen LogP contribution in [0.3, 0.4) is 0 Å². The standard InChI is InChI=1S/C12H23N/c13-9-10-5-7-12(8-6-10)11-3-1-2-4-11/h10-12H,1-9,13H2/t10-,12-. The van der Waals surface area contributed by atoms with Gasteiger partial charge in [-0.3, -0.25) is 0 Å². The Bertz CT molecular complexity index is 141. The van der Waals surface area contributed by atoms with Crippen LogP contribution >= 0.6 is 0 Å². The van der Waals surface area contributed by atoms with Crippen molar-refractivity contribution in [3.05, 3.63) is 0 Å². The van der Waals surface area contributed by atoms with Crippen molar-refractivity contribution in [3.63, 3.8) is 0 Å². The van der Waals surface area contributed by atoms with E-state index in [1.807, 2.05) is 0 Å². The fourth-order valence-corrected chi connectivity index (χ4v) is 3.32. The second-order valence-electron chi connectivity index (χ2n) is 5.06. The predicted octanol–water partition coefficient (Wildman–Crippen LogP) is 2.94. The van der Waals surface area contributed by atoms with Crippen LogP contribution in [0.15, 0.2) is 0 Å². The highest BCUT2D eigenvalue weighted by Crippen LogP contribution is 2.40. The van der Waals surface area contributed by atoms with Crippen LogP contribution in [0.2, 0.25) is 0 Å². The van der Waals surface area contributed by atoms with Crippen molar-refractivity contribution in [2.75, 3.05) is 6.54 Å². The van der Waals surface area contributed by atoms with Gasteiger partial charge in [-0.25, -0.2) is 0 Å². The molecule has 0 saturated heterocycles. The maximum Gasteiger partial charge on any atom is -0.00489 e. The molecule has 0 aromatic rings. The first-order chi connectivity index (χ1) is 6.40. The second kappa shape index (κ2) is 4.45. The van der Waals surface area contributed by atoms with E-state index in [-0.39, 0.29) is 0 Å². The summed E-state index contributed by atoms with van der Waals surface area (Å²) in [6, 6.07) is 0. The molecular formula is C12H23N. The van der Waals surface area contributed by atoms with Gasteiger partial charge < -0.3 is 5.73 Å². The van der Waals surface area contributed by atoms with E-state index in [2.05, 4.69) is 0 Å². The Hall–Kier alpha value is -0.0400. The van der Waals surface area contributed by atoms with Gasteiger partial charge >= 0.3 is 0 Å². The summed E-state index contributed by atoms with van der Waals surface area (Å²) in [5.74, 6) is 3.03. The third-order valence-electron chi connectivity index (χ3n) is 4.29. The van der Waals surface area contributed by atoms with Gasteiger partial charge in [0.1, 0.15) is 0 Å². The van der Waals surface area contributed by atoms with Crippen molar-refractivity contribution in [2.24, 2.45) is 23.5 Å². The van der Waals surface area contributed by atoms with Crippen LogP contribution in [0.1, 0.15) is 51.4 Å². The van der Waals surface area contributed by atoms with Crippen molar-refractivity contribution in [1.82, 2.24) is 0 Å². The highest BCUT2D eigenvalue weighted by molar-refractivity contribution is 4.80. The number of hydrogen-bond donors (Lipinski definition) is 1. The first-order valence-electron chi connectivity index (χ1n) is 6.10. The summed E-state index contributed by atoms with van der Waals surface area (Å²) >= 11 is 0. The van der Waals surface area contributed by atoms with Crippen LogP contribution < -0.4 is 5.73 Å². The van der Waals surface area contributed by atoms with Gasteiger partial charge in [-0.2, -0.15) is 0 Å². The van der Waals surface area contributed by atoms with Crippen LogP contribution in [0.25, 0.3) is 0 Å². The predicted molar refractivity (Wildman–Crippen MR) is 56.5 cm³/mol. The summed E-state index contributed by atoms with van der Waals surface area (Å²) < 4.78 is 0. The molecular weight excluding hydrogens is 158 g/mol. The summed E-state index contributed by atoms with van der Waals surface area (Å²) in [6.07, 6.45) is 11.8.